The lowest BCUT2D eigenvalue weighted by Crippen LogP contribution is -2.48. The molecule has 2 heterocycles. The first kappa shape index (κ1) is 15.9. The predicted octanol–water partition coefficient (Wildman–Crippen LogP) is 4.41. The number of carbonyl (C=O) groups is 1. The molecule has 1 unspecified atom stereocenters. The molecule has 23 heavy (non-hydrogen) atoms. The number of hydrogen-bond donors (Lipinski definition) is 1. The summed E-state index contributed by atoms with van der Waals surface area (Å²) in [5.74, 6) is 1.42. The Labute approximate surface area is 137 Å². The second-order valence-electron chi connectivity index (χ2n) is 6.96. The van der Waals surface area contributed by atoms with Crippen LogP contribution in [0.2, 0.25) is 0 Å². The maximum atomic E-state index is 11.3. The minimum Gasteiger partial charge on any atom is -0.490 e. The summed E-state index contributed by atoms with van der Waals surface area (Å²) in [7, 11) is 0. The summed E-state index contributed by atoms with van der Waals surface area (Å²) >= 11 is 0. The van der Waals surface area contributed by atoms with Gasteiger partial charge in [0.15, 0.2) is 0 Å². The number of carboxylic acid groups (broad SMARTS) is 1. The van der Waals surface area contributed by atoms with Crippen molar-refractivity contribution < 1.29 is 14.6 Å². The topological polar surface area (TPSA) is 49.8 Å². The van der Waals surface area contributed by atoms with E-state index in [-0.39, 0.29) is 18.2 Å². The molecule has 2 aliphatic heterocycles. The molecule has 4 nitrogen and oxygen atoms in total. The van der Waals surface area contributed by atoms with Crippen molar-refractivity contribution in [2.75, 3.05) is 0 Å². The van der Waals surface area contributed by atoms with Crippen LogP contribution in [0.3, 0.4) is 0 Å². The van der Waals surface area contributed by atoms with Crippen molar-refractivity contribution in [2.45, 2.75) is 57.7 Å². The fourth-order valence-electron chi connectivity index (χ4n) is 3.69. The Morgan fingerprint density at radius 3 is 2.35 bits per heavy atom. The highest BCUT2D eigenvalue weighted by Gasteiger charge is 2.44. The molecule has 3 rings (SSSR count). The zero-order chi connectivity index (χ0) is 16.4. The van der Waals surface area contributed by atoms with Crippen LogP contribution in [-0.4, -0.2) is 34.3 Å². The summed E-state index contributed by atoms with van der Waals surface area (Å²) in [6.07, 6.45) is 7.19. The quantitative estimate of drug-likeness (QED) is 0.895. The zero-order valence-electron chi connectivity index (χ0n) is 13.8. The molecule has 0 saturated carbocycles. The minimum absolute atomic E-state index is 0.125. The van der Waals surface area contributed by atoms with E-state index in [1.807, 2.05) is 12.1 Å². The van der Waals surface area contributed by atoms with Crippen molar-refractivity contribution in [3.05, 3.63) is 35.9 Å². The Kier molecular flexibility index (Phi) is 4.60. The van der Waals surface area contributed by atoms with Crippen molar-refractivity contribution in [1.82, 2.24) is 4.90 Å². The number of fused-ring (bicyclic) bond motifs is 2. The van der Waals surface area contributed by atoms with Crippen molar-refractivity contribution in [2.24, 2.45) is 5.92 Å². The van der Waals surface area contributed by atoms with Crippen LogP contribution in [0.25, 0.3) is 6.08 Å². The zero-order valence-corrected chi connectivity index (χ0v) is 13.8. The molecule has 0 aromatic heterocycles. The average Bonchev–Trinajstić information content (AvgIpc) is 2.78. The van der Waals surface area contributed by atoms with Crippen LogP contribution in [0.1, 0.15) is 45.1 Å². The largest absolute Gasteiger partial charge is 0.490 e. The van der Waals surface area contributed by atoms with Gasteiger partial charge in [-0.15, -0.1) is 0 Å². The molecule has 0 aliphatic carbocycles. The summed E-state index contributed by atoms with van der Waals surface area (Å²) in [6.45, 7) is 4.32. The first-order valence-corrected chi connectivity index (χ1v) is 8.49. The minimum atomic E-state index is -0.780. The third-order valence-corrected chi connectivity index (χ3v) is 4.77. The lowest BCUT2D eigenvalue weighted by molar-refractivity contribution is 0.0496. The summed E-state index contributed by atoms with van der Waals surface area (Å²) < 4.78 is 6.10. The number of nitrogens with zero attached hydrogens (tertiary/aromatic N) is 1. The van der Waals surface area contributed by atoms with Gasteiger partial charge in [-0.05, 0) is 36.5 Å². The van der Waals surface area contributed by atoms with Gasteiger partial charge in [0.1, 0.15) is 11.9 Å². The summed E-state index contributed by atoms with van der Waals surface area (Å²) in [6, 6.07) is 8.40. The molecule has 0 radical (unpaired) electrons. The van der Waals surface area contributed by atoms with Crippen molar-refractivity contribution in [3.63, 3.8) is 0 Å². The molecule has 4 heteroatoms. The van der Waals surface area contributed by atoms with Crippen LogP contribution in [0.4, 0.5) is 4.79 Å². The molecule has 124 valence electrons. The van der Waals surface area contributed by atoms with E-state index < -0.39 is 6.09 Å². The fourth-order valence-corrected chi connectivity index (χ4v) is 3.69. The van der Waals surface area contributed by atoms with E-state index in [2.05, 4.69) is 38.1 Å². The van der Waals surface area contributed by atoms with Gasteiger partial charge >= 0.3 is 6.09 Å². The first-order chi connectivity index (χ1) is 11.0. The predicted molar refractivity (Wildman–Crippen MR) is 90.6 cm³/mol. The summed E-state index contributed by atoms with van der Waals surface area (Å²) in [5, 5.41) is 9.29. The van der Waals surface area contributed by atoms with Gasteiger partial charge < -0.3 is 14.7 Å². The third-order valence-electron chi connectivity index (χ3n) is 4.77. The molecule has 2 fully saturated rings. The van der Waals surface area contributed by atoms with E-state index in [0.29, 0.717) is 5.92 Å². The van der Waals surface area contributed by atoms with Gasteiger partial charge in [-0.25, -0.2) is 4.79 Å². The van der Waals surface area contributed by atoms with Crippen molar-refractivity contribution in [1.29, 1.82) is 0 Å². The molecule has 2 aliphatic rings. The molecule has 3 atom stereocenters. The monoisotopic (exact) mass is 315 g/mol. The molecule has 1 aromatic carbocycles. The van der Waals surface area contributed by atoms with Crippen LogP contribution in [0.5, 0.6) is 5.75 Å². The molecule has 2 bridgehead atoms. The van der Waals surface area contributed by atoms with E-state index in [4.69, 9.17) is 4.74 Å². The number of benzene rings is 1. The number of amides is 1. The second kappa shape index (κ2) is 6.65. The Bertz CT molecular complexity index is 565. The maximum Gasteiger partial charge on any atom is 0.407 e. The molecule has 0 spiro atoms. The highest BCUT2D eigenvalue weighted by molar-refractivity contribution is 5.66. The van der Waals surface area contributed by atoms with Gasteiger partial charge in [-0.1, -0.05) is 38.1 Å². The number of rotatable bonds is 4. The molecule has 1 amide bonds. The summed E-state index contributed by atoms with van der Waals surface area (Å²) in [4.78, 5) is 12.9. The molecule has 1 aromatic rings. The maximum absolute atomic E-state index is 11.3. The van der Waals surface area contributed by atoms with Gasteiger partial charge in [-0.2, -0.15) is 0 Å². The molecule has 1 N–H and O–H groups in total. The van der Waals surface area contributed by atoms with Gasteiger partial charge in [0, 0.05) is 24.9 Å². The van der Waals surface area contributed by atoms with Crippen molar-refractivity contribution in [3.8, 4) is 5.75 Å². The number of allylic oxidation sites excluding steroid dienone is 1. The molecular formula is C19H25NO3. The van der Waals surface area contributed by atoms with Gasteiger partial charge in [-0.3, -0.25) is 0 Å². The Morgan fingerprint density at radius 2 is 1.83 bits per heavy atom. The Hall–Kier alpha value is -1.97. The van der Waals surface area contributed by atoms with E-state index in [0.717, 1.165) is 31.4 Å². The van der Waals surface area contributed by atoms with E-state index in [1.54, 1.807) is 4.90 Å². The van der Waals surface area contributed by atoms with Crippen LogP contribution in [0, 0.1) is 5.92 Å². The molecular weight excluding hydrogens is 290 g/mol. The van der Waals surface area contributed by atoms with Gasteiger partial charge in [0.2, 0.25) is 0 Å². The second-order valence-corrected chi connectivity index (χ2v) is 6.96. The van der Waals surface area contributed by atoms with Crippen LogP contribution in [0.15, 0.2) is 30.3 Å². The average molecular weight is 315 g/mol. The fraction of sp³-hybridized carbons (Fsp3) is 0.526. The highest BCUT2D eigenvalue weighted by atomic mass is 16.5. The van der Waals surface area contributed by atoms with Gasteiger partial charge in [0.25, 0.3) is 0 Å². The van der Waals surface area contributed by atoms with Crippen LogP contribution < -0.4 is 4.74 Å². The summed E-state index contributed by atoms with van der Waals surface area (Å²) in [5.41, 5.74) is 1.17. The van der Waals surface area contributed by atoms with E-state index >= 15 is 0 Å². The first-order valence-electron chi connectivity index (χ1n) is 8.49. The lowest BCUT2D eigenvalue weighted by Gasteiger charge is -2.37. The van der Waals surface area contributed by atoms with E-state index in [1.165, 1.54) is 5.56 Å². The smallest absolute Gasteiger partial charge is 0.407 e. The Balaban J connectivity index is 1.60. The number of ether oxygens (including phenoxy) is 1. The standard InChI is InChI=1S/C19H25NO3/c1-13(2)3-4-14-5-9-17(10-6-14)23-18-11-15-7-8-16(12-18)20(15)19(21)22/h3-6,9-10,13,15-16,18H,7-8,11-12H2,1-2H3,(H,21,22)/b4-3-/t15-,16+,18?. The highest BCUT2D eigenvalue weighted by Crippen LogP contribution is 2.37. The normalized spacial score (nSPS) is 26.9. The third kappa shape index (κ3) is 3.69. The molecule has 2 saturated heterocycles. The Morgan fingerprint density at radius 1 is 1.22 bits per heavy atom. The lowest BCUT2D eigenvalue weighted by atomic mass is 10.00. The van der Waals surface area contributed by atoms with Gasteiger partial charge in [0.05, 0.1) is 0 Å². The van der Waals surface area contributed by atoms with Crippen LogP contribution in [-0.2, 0) is 0 Å². The number of piperidine rings is 1. The van der Waals surface area contributed by atoms with Crippen molar-refractivity contribution >= 4 is 12.2 Å². The number of hydrogen-bond acceptors (Lipinski definition) is 2. The SMILES string of the molecule is CC(C)/C=C\c1ccc(OC2C[C@H]3CC[C@@H](C2)N3C(=O)O)cc1. The van der Waals surface area contributed by atoms with E-state index in [9.17, 15) is 9.90 Å². The van der Waals surface area contributed by atoms with Crippen LogP contribution >= 0.6 is 0 Å².